The fourth-order valence-corrected chi connectivity index (χ4v) is 4.81. The summed E-state index contributed by atoms with van der Waals surface area (Å²) in [5, 5.41) is 0. The number of aryl methyl sites for hydroxylation is 4. The minimum absolute atomic E-state index is 0.0747. The Morgan fingerprint density at radius 2 is 1.18 bits per heavy atom. The molecule has 0 N–H and O–H groups in total. The molecular weight excluding hydrogens is 474 g/mol. The van der Waals surface area contributed by atoms with E-state index >= 15 is 0 Å². The summed E-state index contributed by atoms with van der Waals surface area (Å²) in [7, 11) is 0. The molecule has 1 saturated heterocycles. The van der Waals surface area contributed by atoms with Crippen LogP contribution in [0.1, 0.15) is 33.6 Å². The van der Waals surface area contributed by atoms with E-state index in [1.807, 2.05) is 45.0 Å². The van der Waals surface area contributed by atoms with Gasteiger partial charge in [0.25, 0.3) is 11.8 Å². The lowest BCUT2D eigenvalue weighted by Crippen LogP contribution is -2.57. The number of benzene rings is 3. The molecule has 3 aromatic carbocycles. The van der Waals surface area contributed by atoms with Gasteiger partial charge in [0.1, 0.15) is 5.57 Å². The summed E-state index contributed by atoms with van der Waals surface area (Å²) in [6.45, 7) is 10.0. The smallest absolute Gasteiger partial charge is 0.318 e. The lowest BCUT2D eigenvalue weighted by atomic mass is 10.0. The summed E-state index contributed by atoms with van der Waals surface area (Å²) in [4.78, 5) is 43.2. The van der Waals surface area contributed by atoms with Crippen LogP contribution >= 0.6 is 0 Å². The summed E-state index contributed by atoms with van der Waals surface area (Å²) in [5.41, 5.74) is 7.73. The molecule has 1 aliphatic rings. The van der Waals surface area contributed by atoms with Crippen LogP contribution in [0.3, 0.4) is 0 Å². The van der Waals surface area contributed by atoms with Gasteiger partial charge in [-0.15, -0.1) is 0 Å². The Kier molecular flexibility index (Phi) is 6.33. The summed E-state index contributed by atoms with van der Waals surface area (Å²) in [6.07, 6.45) is 1.61. The zero-order chi connectivity index (χ0) is 27.1. The average molecular weight is 504 g/mol. The second kappa shape index (κ2) is 9.63. The van der Waals surface area contributed by atoms with Crippen LogP contribution < -0.4 is 9.80 Å². The first-order valence-corrected chi connectivity index (χ1v) is 12.5. The second-order valence-electron chi connectivity index (χ2n) is 9.72. The van der Waals surface area contributed by atoms with Crippen molar-refractivity contribution in [1.82, 2.24) is 4.57 Å². The molecule has 0 atom stereocenters. The van der Waals surface area contributed by atoms with Gasteiger partial charge in [0.15, 0.2) is 0 Å². The fourth-order valence-electron chi connectivity index (χ4n) is 4.81. The molecule has 190 valence electrons. The maximum Gasteiger partial charge on any atom is 0.343 e. The molecule has 5 rings (SSSR count). The molecule has 1 fully saturated rings. The van der Waals surface area contributed by atoms with Crippen molar-refractivity contribution < 1.29 is 14.4 Å². The van der Waals surface area contributed by atoms with Gasteiger partial charge in [0.2, 0.25) is 0 Å². The molecule has 1 aromatic heterocycles. The Hall–Kier alpha value is -4.71. The largest absolute Gasteiger partial charge is 0.343 e. The second-order valence-corrected chi connectivity index (χ2v) is 9.72. The number of nitrogens with zero attached hydrogens (tertiary/aromatic N) is 3. The number of barbiturate groups is 1. The third-order valence-corrected chi connectivity index (χ3v) is 7.07. The van der Waals surface area contributed by atoms with E-state index in [0.717, 1.165) is 38.0 Å². The minimum Gasteiger partial charge on any atom is -0.318 e. The Balaban J connectivity index is 1.65. The van der Waals surface area contributed by atoms with Crippen molar-refractivity contribution in [3.63, 3.8) is 0 Å². The number of carbonyl (C=O) groups excluding carboxylic acids is 3. The van der Waals surface area contributed by atoms with Gasteiger partial charge in [-0.05, 0) is 99.8 Å². The van der Waals surface area contributed by atoms with Crippen LogP contribution in [-0.2, 0) is 9.59 Å². The van der Waals surface area contributed by atoms with Crippen LogP contribution in [0.25, 0.3) is 11.8 Å². The molecule has 2 heterocycles. The molecule has 0 spiro atoms. The van der Waals surface area contributed by atoms with Crippen molar-refractivity contribution in [1.29, 1.82) is 0 Å². The van der Waals surface area contributed by atoms with Gasteiger partial charge in [-0.25, -0.2) is 14.6 Å². The van der Waals surface area contributed by atoms with Crippen molar-refractivity contribution in [2.24, 2.45) is 0 Å². The van der Waals surface area contributed by atoms with E-state index < -0.39 is 17.8 Å². The van der Waals surface area contributed by atoms with E-state index in [0.29, 0.717) is 11.4 Å². The molecule has 1 aliphatic heterocycles. The van der Waals surface area contributed by atoms with Crippen LogP contribution in [0.2, 0.25) is 0 Å². The van der Waals surface area contributed by atoms with Gasteiger partial charge in [0, 0.05) is 17.1 Å². The van der Waals surface area contributed by atoms with E-state index in [-0.39, 0.29) is 5.57 Å². The van der Waals surface area contributed by atoms with Gasteiger partial charge in [0.05, 0.1) is 11.4 Å². The highest BCUT2D eigenvalue weighted by Gasteiger charge is 2.43. The number of rotatable bonds is 4. The highest BCUT2D eigenvalue weighted by Crippen LogP contribution is 2.31. The standard InChI is InChI=1S/C32H29N3O3/c1-20-11-14-27(15-12-20)35-31(37)29(30(36)34(32(35)38)26-9-7-6-8-10-26)19-25-18-23(4)33(24(25)5)28-16-13-21(2)22(3)17-28/h6-19H,1-5H3/b29-19+. The number of hydrogen-bond acceptors (Lipinski definition) is 3. The van der Waals surface area contributed by atoms with E-state index in [4.69, 9.17) is 0 Å². The number of hydrogen-bond donors (Lipinski definition) is 0. The van der Waals surface area contributed by atoms with Crippen molar-refractivity contribution >= 4 is 35.3 Å². The molecule has 6 nitrogen and oxygen atoms in total. The highest BCUT2D eigenvalue weighted by atomic mass is 16.2. The maximum absolute atomic E-state index is 13.8. The summed E-state index contributed by atoms with van der Waals surface area (Å²) in [6, 6.07) is 23.3. The minimum atomic E-state index is -0.701. The van der Waals surface area contributed by atoms with Crippen LogP contribution in [0.4, 0.5) is 16.2 Å². The summed E-state index contributed by atoms with van der Waals surface area (Å²) >= 11 is 0. The van der Waals surface area contributed by atoms with Crippen LogP contribution in [-0.4, -0.2) is 22.4 Å². The zero-order valence-electron chi connectivity index (χ0n) is 22.1. The third-order valence-electron chi connectivity index (χ3n) is 7.07. The molecule has 4 amide bonds. The molecule has 0 aliphatic carbocycles. The number of amides is 4. The predicted octanol–water partition coefficient (Wildman–Crippen LogP) is 6.60. The third kappa shape index (κ3) is 4.24. The van der Waals surface area contributed by atoms with Crippen LogP contribution in [0.15, 0.2) is 84.4 Å². The van der Waals surface area contributed by atoms with E-state index in [2.05, 4.69) is 36.6 Å². The zero-order valence-corrected chi connectivity index (χ0v) is 22.1. The van der Waals surface area contributed by atoms with Gasteiger partial charge in [-0.1, -0.05) is 42.0 Å². The average Bonchev–Trinajstić information content (AvgIpc) is 3.18. The molecule has 4 aromatic rings. The van der Waals surface area contributed by atoms with Gasteiger partial charge >= 0.3 is 6.03 Å². The van der Waals surface area contributed by atoms with E-state index in [1.54, 1.807) is 42.5 Å². The van der Waals surface area contributed by atoms with Crippen molar-refractivity contribution in [3.05, 3.63) is 118 Å². The number of anilines is 2. The van der Waals surface area contributed by atoms with E-state index in [1.165, 1.54) is 11.1 Å². The summed E-state index contributed by atoms with van der Waals surface area (Å²) in [5.74, 6) is -1.29. The fraction of sp³-hybridized carbons (Fsp3) is 0.156. The molecule has 38 heavy (non-hydrogen) atoms. The van der Waals surface area contributed by atoms with Crippen LogP contribution in [0.5, 0.6) is 0 Å². The molecule has 0 unspecified atom stereocenters. The van der Waals surface area contributed by atoms with Crippen molar-refractivity contribution in [2.75, 3.05) is 9.80 Å². The monoisotopic (exact) mass is 503 g/mol. The van der Waals surface area contributed by atoms with Gasteiger partial charge in [-0.2, -0.15) is 0 Å². The topological polar surface area (TPSA) is 62.6 Å². The first-order chi connectivity index (χ1) is 18.2. The summed E-state index contributed by atoms with van der Waals surface area (Å²) < 4.78 is 2.11. The van der Waals surface area contributed by atoms with Crippen LogP contribution in [0, 0.1) is 34.6 Å². The normalized spacial score (nSPS) is 15.1. The SMILES string of the molecule is Cc1ccc(N2C(=O)/C(=C/c3cc(C)n(-c4ccc(C)c(C)c4)c3C)C(=O)N(c3ccccc3)C2=O)cc1. The van der Waals surface area contributed by atoms with Gasteiger partial charge < -0.3 is 4.57 Å². The Labute approximate surface area is 222 Å². The Morgan fingerprint density at radius 3 is 1.79 bits per heavy atom. The highest BCUT2D eigenvalue weighted by molar-refractivity contribution is 6.46. The molecule has 0 radical (unpaired) electrons. The molecule has 0 bridgehead atoms. The Morgan fingerprint density at radius 1 is 0.605 bits per heavy atom. The Bertz CT molecular complexity index is 1610. The number of aromatic nitrogens is 1. The number of para-hydroxylation sites is 1. The molecule has 0 saturated carbocycles. The van der Waals surface area contributed by atoms with Crippen molar-refractivity contribution in [3.8, 4) is 5.69 Å². The van der Waals surface area contributed by atoms with Crippen molar-refractivity contribution in [2.45, 2.75) is 34.6 Å². The van der Waals surface area contributed by atoms with E-state index in [9.17, 15) is 14.4 Å². The predicted molar refractivity (Wildman–Crippen MR) is 151 cm³/mol. The lowest BCUT2D eigenvalue weighted by Gasteiger charge is -2.34. The molecular formula is C32H29N3O3. The maximum atomic E-state index is 13.8. The molecule has 6 heteroatoms. The number of carbonyl (C=O) groups is 3. The number of imide groups is 2. The number of urea groups is 1. The lowest BCUT2D eigenvalue weighted by molar-refractivity contribution is -0.121. The first kappa shape index (κ1) is 25.0. The van der Waals surface area contributed by atoms with Gasteiger partial charge in [-0.3, -0.25) is 9.59 Å². The quantitative estimate of drug-likeness (QED) is 0.233. The first-order valence-electron chi connectivity index (χ1n) is 12.5.